The standard InChI is InChI=1S/C14H20BrN3OS/c1-4-16-13(11-9-20-8-10(11)2)14-12(15)7-17-18(14)5-6-19-3/h7-9,13,16H,4-6H2,1-3H3. The first-order valence-electron chi connectivity index (χ1n) is 6.65. The van der Waals surface area contributed by atoms with Crippen molar-refractivity contribution in [1.29, 1.82) is 0 Å². The Morgan fingerprint density at radius 1 is 1.50 bits per heavy atom. The molecular formula is C14H20BrN3OS. The second-order valence-corrected chi connectivity index (χ2v) is 6.19. The molecule has 2 rings (SSSR count). The molecule has 2 aromatic heterocycles. The van der Waals surface area contributed by atoms with E-state index in [1.165, 1.54) is 11.1 Å². The smallest absolute Gasteiger partial charge is 0.0770 e. The quantitative estimate of drug-likeness (QED) is 0.825. The van der Waals surface area contributed by atoms with Crippen LogP contribution in [0.4, 0.5) is 0 Å². The first kappa shape index (κ1) is 15.7. The first-order chi connectivity index (χ1) is 9.69. The third-order valence-corrected chi connectivity index (χ3v) is 4.72. The molecule has 0 bridgehead atoms. The van der Waals surface area contributed by atoms with E-state index in [-0.39, 0.29) is 6.04 Å². The van der Waals surface area contributed by atoms with Gasteiger partial charge in [0.15, 0.2) is 0 Å². The van der Waals surface area contributed by atoms with Crippen LogP contribution in [0.5, 0.6) is 0 Å². The number of methoxy groups -OCH3 is 1. The normalized spacial score (nSPS) is 12.8. The summed E-state index contributed by atoms with van der Waals surface area (Å²) in [6.45, 7) is 6.59. The molecule has 6 heteroatoms. The van der Waals surface area contributed by atoms with E-state index < -0.39 is 0 Å². The van der Waals surface area contributed by atoms with Crippen molar-refractivity contribution in [2.75, 3.05) is 20.3 Å². The van der Waals surface area contributed by atoms with Crippen molar-refractivity contribution in [1.82, 2.24) is 15.1 Å². The lowest BCUT2D eigenvalue weighted by Crippen LogP contribution is -2.26. The zero-order valence-electron chi connectivity index (χ0n) is 12.0. The lowest BCUT2D eigenvalue weighted by molar-refractivity contribution is 0.182. The van der Waals surface area contributed by atoms with E-state index in [4.69, 9.17) is 4.74 Å². The molecule has 1 unspecified atom stereocenters. The molecule has 0 saturated heterocycles. The van der Waals surface area contributed by atoms with Crippen molar-refractivity contribution in [2.24, 2.45) is 0 Å². The lowest BCUT2D eigenvalue weighted by Gasteiger charge is -2.20. The second kappa shape index (κ2) is 7.36. The molecule has 0 aliphatic rings. The Morgan fingerprint density at radius 2 is 2.30 bits per heavy atom. The molecular weight excluding hydrogens is 338 g/mol. The van der Waals surface area contributed by atoms with Gasteiger partial charge in [0.1, 0.15) is 0 Å². The highest BCUT2D eigenvalue weighted by Crippen LogP contribution is 2.32. The molecule has 20 heavy (non-hydrogen) atoms. The Balaban J connectivity index is 2.39. The number of thiophene rings is 1. The number of nitrogens with zero attached hydrogens (tertiary/aromatic N) is 2. The van der Waals surface area contributed by atoms with E-state index in [1.807, 2.05) is 10.9 Å². The van der Waals surface area contributed by atoms with E-state index in [2.05, 4.69) is 51.0 Å². The summed E-state index contributed by atoms with van der Waals surface area (Å²) in [5, 5.41) is 12.4. The number of nitrogens with one attached hydrogen (secondary N) is 1. The number of aromatic nitrogens is 2. The highest BCUT2D eigenvalue weighted by molar-refractivity contribution is 9.10. The van der Waals surface area contributed by atoms with Crippen molar-refractivity contribution in [3.63, 3.8) is 0 Å². The second-order valence-electron chi connectivity index (χ2n) is 4.59. The zero-order chi connectivity index (χ0) is 14.5. The highest BCUT2D eigenvalue weighted by atomic mass is 79.9. The minimum Gasteiger partial charge on any atom is -0.383 e. The largest absolute Gasteiger partial charge is 0.383 e. The molecule has 0 amide bonds. The summed E-state index contributed by atoms with van der Waals surface area (Å²) >= 11 is 5.37. The van der Waals surface area contributed by atoms with Gasteiger partial charge in [0.2, 0.25) is 0 Å². The van der Waals surface area contributed by atoms with Crippen LogP contribution in [0.1, 0.15) is 29.8 Å². The predicted octanol–water partition coefficient (Wildman–Crippen LogP) is 3.36. The SMILES string of the molecule is CCNC(c1cscc1C)c1c(Br)cnn1CCOC. The van der Waals surface area contributed by atoms with Crippen molar-refractivity contribution in [3.8, 4) is 0 Å². The van der Waals surface area contributed by atoms with Gasteiger partial charge in [-0.2, -0.15) is 16.4 Å². The van der Waals surface area contributed by atoms with E-state index in [0.29, 0.717) is 6.61 Å². The van der Waals surface area contributed by atoms with Gasteiger partial charge in [-0.05, 0) is 51.3 Å². The van der Waals surface area contributed by atoms with Crippen LogP contribution < -0.4 is 5.32 Å². The van der Waals surface area contributed by atoms with Gasteiger partial charge in [-0.1, -0.05) is 6.92 Å². The maximum absolute atomic E-state index is 5.17. The summed E-state index contributed by atoms with van der Waals surface area (Å²) in [5.74, 6) is 0. The summed E-state index contributed by atoms with van der Waals surface area (Å²) < 4.78 is 8.21. The van der Waals surface area contributed by atoms with Crippen LogP contribution in [0.2, 0.25) is 0 Å². The molecule has 1 N–H and O–H groups in total. The average Bonchev–Trinajstić information content (AvgIpc) is 3.01. The van der Waals surface area contributed by atoms with Gasteiger partial charge >= 0.3 is 0 Å². The van der Waals surface area contributed by atoms with Crippen LogP contribution >= 0.6 is 27.3 Å². The molecule has 4 nitrogen and oxygen atoms in total. The van der Waals surface area contributed by atoms with E-state index >= 15 is 0 Å². The Kier molecular flexibility index (Phi) is 5.77. The van der Waals surface area contributed by atoms with Gasteiger partial charge in [0.25, 0.3) is 0 Å². The van der Waals surface area contributed by atoms with Crippen molar-refractivity contribution in [2.45, 2.75) is 26.4 Å². The predicted molar refractivity (Wildman–Crippen MR) is 86.4 cm³/mol. The molecule has 110 valence electrons. The van der Waals surface area contributed by atoms with Gasteiger partial charge in [-0.25, -0.2) is 0 Å². The molecule has 0 radical (unpaired) electrons. The minimum absolute atomic E-state index is 0.153. The molecule has 2 heterocycles. The van der Waals surface area contributed by atoms with Crippen molar-refractivity contribution < 1.29 is 4.74 Å². The maximum atomic E-state index is 5.17. The topological polar surface area (TPSA) is 39.1 Å². The molecule has 1 atom stereocenters. The number of hydrogen-bond acceptors (Lipinski definition) is 4. The number of halogens is 1. The Bertz CT molecular complexity index is 552. The van der Waals surface area contributed by atoms with E-state index in [1.54, 1.807) is 18.4 Å². The van der Waals surface area contributed by atoms with Crippen LogP contribution in [-0.4, -0.2) is 30.0 Å². The van der Waals surface area contributed by atoms with Crippen LogP contribution in [0.3, 0.4) is 0 Å². The number of aryl methyl sites for hydroxylation is 1. The molecule has 0 aromatic carbocycles. The van der Waals surface area contributed by atoms with Gasteiger partial charge in [0, 0.05) is 7.11 Å². The van der Waals surface area contributed by atoms with Crippen LogP contribution in [0, 0.1) is 6.92 Å². The van der Waals surface area contributed by atoms with Crippen LogP contribution in [0.25, 0.3) is 0 Å². The Labute approximate surface area is 132 Å². The summed E-state index contributed by atoms with van der Waals surface area (Å²) in [7, 11) is 1.71. The summed E-state index contributed by atoms with van der Waals surface area (Å²) in [4.78, 5) is 0. The van der Waals surface area contributed by atoms with Gasteiger partial charge in [-0.3, -0.25) is 4.68 Å². The lowest BCUT2D eigenvalue weighted by atomic mass is 10.0. The van der Waals surface area contributed by atoms with E-state index in [0.717, 1.165) is 23.3 Å². The Morgan fingerprint density at radius 3 is 2.90 bits per heavy atom. The number of ether oxygens (including phenoxy) is 1. The molecule has 2 aromatic rings. The van der Waals surface area contributed by atoms with Gasteiger partial charge in [0.05, 0.1) is 35.6 Å². The third-order valence-electron chi connectivity index (χ3n) is 3.23. The molecule has 0 aliphatic heterocycles. The summed E-state index contributed by atoms with van der Waals surface area (Å²) in [6, 6.07) is 0.153. The average molecular weight is 358 g/mol. The van der Waals surface area contributed by atoms with Crippen LogP contribution in [-0.2, 0) is 11.3 Å². The fourth-order valence-electron chi connectivity index (χ4n) is 2.24. The zero-order valence-corrected chi connectivity index (χ0v) is 14.4. The fourth-order valence-corrected chi connectivity index (χ4v) is 3.64. The molecule has 0 saturated carbocycles. The summed E-state index contributed by atoms with van der Waals surface area (Å²) in [6.07, 6.45) is 1.86. The highest BCUT2D eigenvalue weighted by Gasteiger charge is 2.23. The fraction of sp³-hybridized carbons (Fsp3) is 0.500. The van der Waals surface area contributed by atoms with Gasteiger partial charge in [-0.15, -0.1) is 0 Å². The van der Waals surface area contributed by atoms with Crippen molar-refractivity contribution in [3.05, 3.63) is 38.3 Å². The summed E-state index contributed by atoms with van der Waals surface area (Å²) in [5.41, 5.74) is 3.79. The van der Waals surface area contributed by atoms with Crippen LogP contribution in [0.15, 0.2) is 21.4 Å². The van der Waals surface area contributed by atoms with Crippen molar-refractivity contribution >= 4 is 27.3 Å². The third kappa shape index (κ3) is 3.31. The molecule has 0 aliphatic carbocycles. The van der Waals surface area contributed by atoms with Gasteiger partial charge < -0.3 is 10.1 Å². The minimum atomic E-state index is 0.153. The maximum Gasteiger partial charge on any atom is 0.0770 e. The van der Waals surface area contributed by atoms with E-state index in [9.17, 15) is 0 Å². The molecule has 0 fully saturated rings. The first-order valence-corrected chi connectivity index (χ1v) is 8.38. The number of hydrogen-bond donors (Lipinski definition) is 1. The monoisotopic (exact) mass is 357 g/mol. The Hall–Kier alpha value is -0.690. The molecule has 0 spiro atoms. The number of rotatable bonds is 7.